The Hall–Kier alpha value is -2.29. The second-order valence-corrected chi connectivity index (χ2v) is 2.95. The van der Waals surface area contributed by atoms with Crippen LogP contribution in [-0.4, -0.2) is 22.4 Å². The van der Waals surface area contributed by atoms with Gasteiger partial charge in [0.15, 0.2) is 5.69 Å². The van der Waals surface area contributed by atoms with Crippen LogP contribution in [-0.2, 0) is 0 Å². The number of carbonyl (C=O) groups is 1. The second-order valence-electron chi connectivity index (χ2n) is 2.95. The Morgan fingerprint density at radius 2 is 2.38 bits per heavy atom. The van der Waals surface area contributed by atoms with Gasteiger partial charge in [0.05, 0.1) is 0 Å². The van der Waals surface area contributed by atoms with E-state index in [-0.39, 0.29) is 17.4 Å². The Morgan fingerprint density at radius 1 is 1.62 bits per heavy atom. The molecule has 6 heteroatoms. The highest BCUT2D eigenvalue weighted by molar-refractivity contribution is 5.92. The van der Waals surface area contributed by atoms with Gasteiger partial charge < -0.3 is 15.4 Å². The van der Waals surface area contributed by atoms with Crippen LogP contribution in [0.4, 0.5) is 5.82 Å². The first-order valence-corrected chi connectivity index (χ1v) is 4.66. The van der Waals surface area contributed by atoms with E-state index >= 15 is 0 Å². The molecule has 0 saturated carbocycles. The summed E-state index contributed by atoms with van der Waals surface area (Å²) in [5.41, 5.74) is 0.177. The summed E-state index contributed by atoms with van der Waals surface area (Å²) in [5.74, 6) is 4.93. The zero-order valence-electron chi connectivity index (χ0n) is 8.74. The number of nitrogens with one attached hydrogen (secondary N) is 2. The molecule has 1 aromatic heterocycles. The largest absolute Gasteiger partial charge is 0.358 e. The molecule has 2 N–H and O–H groups in total. The van der Waals surface area contributed by atoms with E-state index in [4.69, 9.17) is 0 Å². The molecule has 0 bridgehead atoms. The third-order valence-electron chi connectivity index (χ3n) is 1.82. The lowest BCUT2D eigenvalue weighted by molar-refractivity contribution is -0.389. The van der Waals surface area contributed by atoms with Crippen LogP contribution in [0.5, 0.6) is 0 Å². The summed E-state index contributed by atoms with van der Waals surface area (Å²) in [5, 5.41) is 13.0. The van der Waals surface area contributed by atoms with Gasteiger partial charge in [-0.3, -0.25) is 4.79 Å². The number of carbonyl (C=O) groups excluding carboxylic acids is 1. The van der Waals surface area contributed by atoms with Gasteiger partial charge in [0.1, 0.15) is 0 Å². The maximum atomic E-state index is 11.4. The van der Waals surface area contributed by atoms with Gasteiger partial charge in [-0.2, -0.15) is 0 Å². The number of aromatic amines is 1. The smallest absolute Gasteiger partial charge is 0.321 e. The molecule has 16 heavy (non-hydrogen) atoms. The highest BCUT2D eigenvalue weighted by atomic mass is 16.6. The van der Waals surface area contributed by atoms with Crippen molar-refractivity contribution in [1.82, 2.24) is 10.3 Å². The molecule has 1 aromatic rings. The number of nitrogens with zero attached hydrogens (tertiary/aromatic N) is 1. The predicted octanol–water partition coefficient (Wildman–Crippen LogP) is 1.07. The van der Waals surface area contributed by atoms with Crippen molar-refractivity contribution in [3.8, 4) is 11.8 Å². The molecule has 0 aliphatic carbocycles. The van der Waals surface area contributed by atoms with Crippen LogP contribution in [0, 0.1) is 22.0 Å². The van der Waals surface area contributed by atoms with Gasteiger partial charge in [0.25, 0.3) is 5.91 Å². The maximum absolute atomic E-state index is 11.4. The molecule has 0 aliphatic rings. The lowest BCUT2D eigenvalue weighted by atomic mass is 10.3. The predicted molar refractivity (Wildman–Crippen MR) is 57.8 cm³/mol. The van der Waals surface area contributed by atoms with Crippen LogP contribution in [0.15, 0.2) is 12.1 Å². The van der Waals surface area contributed by atoms with E-state index in [2.05, 4.69) is 22.1 Å². The van der Waals surface area contributed by atoms with Crippen molar-refractivity contribution in [3.63, 3.8) is 0 Å². The molecule has 1 heterocycles. The van der Waals surface area contributed by atoms with E-state index in [9.17, 15) is 14.9 Å². The number of rotatable bonds is 4. The summed E-state index contributed by atoms with van der Waals surface area (Å²) in [6, 6.07) is 2.62. The van der Waals surface area contributed by atoms with Crippen LogP contribution in [0.3, 0.4) is 0 Å². The number of hydrogen-bond donors (Lipinski definition) is 2. The number of amides is 1. The van der Waals surface area contributed by atoms with E-state index in [1.165, 1.54) is 12.1 Å². The van der Waals surface area contributed by atoms with Crippen molar-refractivity contribution < 1.29 is 9.72 Å². The van der Waals surface area contributed by atoms with Gasteiger partial charge in [-0.15, -0.1) is 11.8 Å². The Labute approximate surface area is 92.2 Å². The molecule has 0 radical (unpaired) electrons. The highest BCUT2D eigenvalue weighted by Crippen LogP contribution is 2.09. The van der Waals surface area contributed by atoms with Crippen molar-refractivity contribution in [2.45, 2.75) is 13.3 Å². The van der Waals surface area contributed by atoms with Crippen LogP contribution >= 0.6 is 0 Å². The lowest BCUT2D eigenvalue weighted by Gasteiger charge is -1.97. The fourth-order valence-electron chi connectivity index (χ4n) is 1.08. The van der Waals surface area contributed by atoms with Gasteiger partial charge in [0, 0.05) is 19.0 Å². The summed E-state index contributed by atoms with van der Waals surface area (Å²) in [4.78, 5) is 23.6. The number of hydrogen-bond acceptors (Lipinski definition) is 3. The summed E-state index contributed by atoms with van der Waals surface area (Å²) in [6.45, 7) is 2.14. The van der Waals surface area contributed by atoms with Gasteiger partial charge in [-0.25, -0.2) is 4.98 Å². The molecule has 1 amide bonds. The topological polar surface area (TPSA) is 88.0 Å². The normalized spacial score (nSPS) is 9.06. The van der Waals surface area contributed by atoms with Crippen LogP contribution in [0.1, 0.15) is 23.8 Å². The van der Waals surface area contributed by atoms with Crippen LogP contribution in [0.2, 0.25) is 0 Å². The minimum Gasteiger partial charge on any atom is -0.358 e. The minimum atomic E-state index is -0.584. The van der Waals surface area contributed by atoms with Crippen molar-refractivity contribution >= 4 is 11.7 Å². The average Bonchev–Trinajstić information content (AvgIpc) is 2.73. The standard InChI is InChI=1S/C10H11N3O3/c1-2-3-4-7-11-10(14)8-5-6-9(12-8)13(15)16/h5-6,12H,4,7H2,1H3,(H,11,14). The molecule has 0 unspecified atom stereocenters. The third kappa shape index (κ3) is 3.13. The van der Waals surface area contributed by atoms with E-state index in [1.54, 1.807) is 6.92 Å². The first kappa shape index (κ1) is 11.8. The molecule has 0 fully saturated rings. The molecule has 0 aliphatic heterocycles. The van der Waals surface area contributed by atoms with Crippen molar-refractivity contribution in [2.75, 3.05) is 6.54 Å². The molecule has 84 valence electrons. The fraction of sp³-hybridized carbons (Fsp3) is 0.300. The SMILES string of the molecule is CC#CCCNC(=O)c1ccc([N+](=O)[O-])[nH]1. The molecule has 0 saturated heterocycles. The Balaban J connectivity index is 2.51. The van der Waals surface area contributed by atoms with Gasteiger partial charge in [-0.05, 0) is 17.9 Å². The fourth-order valence-corrected chi connectivity index (χ4v) is 1.08. The molecular weight excluding hydrogens is 210 g/mol. The average molecular weight is 221 g/mol. The Kier molecular flexibility index (Phi) is 4.09. The number of H-pyrrole nitrogens is 1. The first-order valence-electron chi connectivity index (χ1n) is 4.66. The van der Waals surface area contributed by atoms with Gasteiger partial charge in [0.2, 0.25) is 0 Å². The van der Waals surface area contributed by atoms with E-state index in [0.29, 0.717) is 13.0 Å². The summed E-state index contributed by atoms with van der Waals surface area (Å²) >= 11 is 0. The molecule has 0 aromatic carbocycles. The monoisotopic (exact) mass is 221 g/mol. The lowest BCUT2D eigenvalue weighted by Crippen LogP contribution is -2.24. The Morgan fingerprint density at radius 3 is 2.94 bits per heavy atom. The third-order valence-corrected chi connectivity index (χ3v) is 1.82. The molecule has 1 rings (SSSR count). The van der Waals surface area contributed by atoms with Crippen molar-refractivity contribution in [2.24, 2.45) is 0 Å². The van der Waals surface area contributed by atoms with Gasteiger partial charge in [-0.1, -0.05) is 0 Å². The second kappa shape index (κ2) is 5.56. The van der Waals surface area contributed by atoms with Gasteiger partial charge >= 0.3 is 5.82 Å². The Bertz CT molecular complexity index is 453. The van der Waals surface area contributed by atoms with E-state index in [1.807, 2.05) is 0 Å². The first-order chi connectivity index (χ1) is 7.65. The summed E-state index contributed by atoms with van der Waals surface area (Å²) in [7, 11) is 0. The number of nitro groups is 1. The van der Waals surface area contributed by atoms with E-state index < -0.39 is 4.92 Å². The molecule has 6 nitrogen and oxygen atoms in total. The molecular formula is C10H11N3O3. The highest BCUT2D eigenvalue weighted by Gasteiger charge is 2.14. The maximum Gasteiger partial charge on any atom is 0.321 e. The zero-order chi connectivity index (χ0) is 12.0. The van der Waals surface area contributed by atoms with Crippen molar-refractivity contribution in [3.05, 3.63) is 27.9 Å². The van der Waals surface area contributed by atoms with Crippen LogP contribution in [0.25, 0.3) is 0 Å². The number of aromatic nitrogens is 1. The van der Waals surface area contributed by atoms with Crippen molar-refractivity contribution in [1.29, 1.82) is 0 Å². The molecule has 0 atom stereocenters. The van der Waals surface area contributed by atoms with Crippen LogP contribution < -0.4 is 5.32 Å². The molecule has 0 spiro atoms. The quantitative estimate of drug-likeness (QED) is 0.345. The summed E-state index contributed by atoms with van der Waals surface area (Å²) in [6.07, 6.45) is 0.561. The van der Waals surface area contributed by atoms with E-state index in [0.717, 1.165) is 0 Å². The zero-order valence-corrected chi connectivity index (χ0v) is 8.74. The summed E-state index contributed by atoms with van der Waals surface area (Å²) < 4.78 is 0. The minimum absolute atomic E-state index is 0.177.